The summed E-state index contributed by atoms with van der Waals surface area (Å²) in [6.45, 7) is 8.11. The van der Waals surface area contributed by atoms with Gasteiger partial charge in [-0.3, -0.25) is 15.3 Å². The summed E-state index contributed by atoms with van der Waals surface area (Å²) in [7, 11) is 3.39. The highest BCUT2D eigenvalue weighted by atomic mass is 32.1. The van der Waals surface area contributed by atoms with Gasteiger partial charge in [0, 0.05) is 40.0 Å². The Kier molecular flexibility index (Phi) is 10.3. The molecule has 6 aromatic rings. The number of allylic oxidation sites excluding steroid dienone is 2. The van der Waals surface area contributed by atoms with Gasteiger partial charge in [-0.15, -0.1) is 11.3 Å². The summed E-state index contributed by atoms with van der Waals surface area (Å²) < 4.78 is 1.30. The van der Waals surface area contributed by atoms with Crippen LogP contribution < -0.4 is 16.4 Å². The Balaban J connectivity index is 0.00000101. The minimum Gasteiger partial charge on any atom is -0.394 e. The highest BCUT2D eigenvalue weighted by molar-refractivity contribution is 7.20. The van der Waals surface area contributed by atoms with Gasteiger partial charge in [0.25, 0.3) is 0 Å². The number of thiophene rings is 1. The van der Waals surface area contributed by atoms with Crippen molar-refractivity contribution in [2.45, 2.75) is 31.5 Å². The maximum absolute atomic E-state index is 4.74. The van der Waals surface area contributed by atoms with Crippen molar-refractivity contribution in [3.8, 4) is 22.3 Å². The number of nitrogens with two attached hydrogens (primary N) is 1. The maximum atomic E-state index is 4.74. The number of nitrogens with one attached hydrogen (secondary N) is 2. The van der Waals surface area contributed by atoms with E-state index >= 15 is 0 Å². The molecule has 2 heterocycles. The smallest absolute Gasteiger partial charge is 0.126 e. The van der Waals surface area contributed by atoms with Crippen molar-refractivity contribution in [3.05, 3.63) is 173 Å². The van der Waals surface area contributed by atoms with Crippen molar-refractivity contribution < 1.29 is 0 Å². The molecule has 2 aromatic heterocycles. The lowest BCUT2D eigenvalue weighted by Gasteiger charge is -2.30. The summed E-state index contributed by atoms with van der Waals surface area (Å²) in [6.07, 6.45) is 11.4. The molecule has 4 aromatic carbocycles. The van der Waals surface area contributed by atoms with Gasteiger partial charge < -0.3 is 11.1 Å². The van der Waals surface area contributed by atoms with Gasteiger partial charge in [0.2, 0.25) is 0 Å². The summed E-state index contributed by atoms with van der Waals surface area (Å²) in [5, 5.41) is 8.16. The molecule has 0 aliphatic heterocycles. The molecule has 246 valence electrons. The molecule has 49 heavy (non-hydrogen) atoms. The molecule has 4 N–H and O–H groups in total. The predicted octanol–water partition coefficient (Wildman–Crippen LogP) is 9.56. The number of hydrogen-bond donors (Lipinski definition) is 3. The highest BCUT2D eigenvalue weighted by Gasteiger charge is 2.54. The molecule has 0 saturated carbocycles. The molecule has 2 atom stereocenters. The van der Waals surface area contributed by atoms with Gasteiger partial charge in [0.1, 0.15) is 6.17 Å². The van der Waals surface area contributed by atoms with Crippen molar-refractivity contribution in [1.82, 2.24) is 15.6 Å². The topological polar surface area (TPSA) is 75.3 Å². The summed E-state index contributed by atoms with van der Waals surface area (Å²) in [6, 6.07) is 37.4. The third kappa shape index (κ3) is 5.52. The minimum atomic E-state index is -0.399. The molecule has 5 nitrogen and oxygen atoms in total. The number of fused-ring (bicyclic) bond motifs is 12. The Hall–Kier alpha value is -5.14. The Morgan fingerprint density at radius 1 is 0.796 bits per heavy atom. The molecule has 0 fully saturated rings. The van der Waals surface area contributed by atoms with Crippen molar-refractivity contribution in [3.63, 3.8) is 0 Å². The van der Waals surface area contributed by atoms with Crippen LogP contribution in [0.25, 0.3) is 32.3 Å². The second kappa shape index (κ2) is 15.0. The SMILES string of the molecule is C=NC(NC(/C=C/C=C\NC)c1cccnc1)c1cccc2c1-c1c(sc3ccccc13)C21c2ccccc2-c2ccccc21.CC.CN. The van der Waals surface area contributed by atoms with Gasteiger partial charge in [-0.25, -0.2) is 0 Å². The van der Waals surface area contributed by atoms with Crippen molar-refractivity contribution in [2.75, 3.05) is 14.1 Å². The number of rotatable bonds is 8. The molecule has 2 aliphatic rings. The van der Waals surface area contributed by atoms with Crippen molar-refractivity contribution in [1.29, 1.82) is 0 Å². The first kappa shape index (κ1) is 33.7. The Labute approximate surface area is 294 Å². The fourth-order valence-corrected chi connectivity index (χ4v) is 8.84. The maximum Gasteiger partial charge on any atom is 0.126 e. The van der Waals surface area contributed by atoms with Crippen LogP contribution in [-0.4, -0.2) is 25.8 Å². The van der Waals surface area contributed by atoms with Gasteiger partial charge in [0.15, 0.2) is 0 Å². The van der Waals surface area contributed by atoms with Crippen LogP contribution in [0.1, 0.15) is 58.7 Å². The molecular weight excluding hydrogens is 619 g/mol. The van der Waals surface area contributed by atoms with E-state index in [0.717, 1.165) is 11.1 Å². The number of aromatic nitrogens is 1. The van der Waals surface area contributed by atoms with E-state index in [0.29, 0.717) is 0 Å². The van der Waals surface area contributed by atoms with Crippen LogP contribution in [0.3, 0.4) is 0 Å². The van der Waals surface area contributed by atoms with E-state index in [9.17, 15) is 0 Å². The number of hydrogen-bond acceptors (Lipinski definition) is 6. The zero-order chi connectivity index (χ0) is 34.4. The van der Waals surface area contributed by atoms with Crippen LogP contribution in [0, 0.1) is 0 Å². The van der Waals surface area contributed by atoms with Crippen LogP contribution in [0.5, 0.6) is 0 Å². The second-order valence-electron chi connectivity index (χ2n) is 11.5. The first-order chi connectivity index (χ1) is 24.3. The molecule has 0 radical (unpaired) electrons. The lowest BCUT2D eigenvalue weighted by Crippen LogP contribution is -2.26. The van der Waals surface area contributed by atoms with E-state index in [4.69, 9.17) is 4.99 Å². The van der Waals surface area contributed by atoms with Gasteiger partial charge in [0.05, 0.1) is 11.5 Å². The van der Waals surface area contributed by atoms with E-state index < -0.39 is 5.41 Å². The summed E-state index contributed by atoms with van der Waals surface area (Å²) in [5.74, 6) is 0. The van der Waals surface area contributed by atoms with E-state index in [1.54, 1.807) is 6.20 Å². The highest BCUT2D eigenvalue weighted by Crippen LogP contribution is 2.66. The average Bonchev–Trinajstić information content (AvgIpc) is 3.80. The van der Waals surface area contributed by atoms with Crippen LogP contribution in [0.15, 0.2) is 145 Å². The first-order valence-electron chi connectivity index (χ1n) is 16.8. The standard InChI is InChI=1S/C40H32N4S.C2H6.CH5N/c1-41-23-10-9-21-34(26-13-12-24-43-25-26)44-39(42-2)30-17-11-20-33-36(30)37-29-16-5-8-22-35(29)45-38(37)40(33)31-18-6-3-14-27(31)28-15-4-7-19-32(28)40;2*1-2/h3-25,34,39,41,44H,2H2,1H3;1-2H3;2H2,1H3/b21-9+,23-10-;;. The quantitative estimate of drug-likeness (QED) is 0.112. The molecule has 2 aliphatic carbocycles. The molecule has 0 amide bonds. The van der Waals surface area contributed by atoms with Crippen LogP contribution in [0.4, 0.5) is 0 Å². The molecule has 2 unspecified atom stereocenters. The molecule has 6 heteroatoms. The zero-order valence-corrected chi connectivity index (χ0v) is 29.3. The predicted molar refractivity (Wildman–Crippen MR) is 209 cm³/mol. The van der Waals surface area contributed by atoms with Crippen LogP contribution in [0.2, 0.25) is 0 Å². The van der Waals surface area contributed by atoms with Gasteiger partial charge >= 0.3 is 0 Å². The van der Waals surface area contributed by atoms with Gasteiger partial charge in [-0.05, 0) is 82.7 Å². The van der Waals surface area contributed by atoms with E-state index in [1.807, 2.05) is 62.8 Å². The number of nitrogens with zero attached hydrogens (tertiary/aromatic N) is 2. The Bertz CT molecular complexity index is 2080. The van der Waals surface area contributed by atoms with E-state index in [2.05, 4.69) is 131 Å². The lowest BCUT2D eigenvalue weighted by molar-refractivity contribution is 0.512. The summed E-state index contributed by atoms with van der Waals surface area (Å²) in [5.41, 5.74) is 15.5. The molecule has 1 spiro atoms. The molecule has 0 bridgehead atoms. The lowest BCUT2D eigenvalue weighted by atomic mass is 9.73. The molecular formula is C43H43N5S. The monoisotopic (exact) mass is 661 g/mol. The van der Waals surface area contributed by atoms with Gasteiger partial charge in [-0.1, -0.05) is 117 Å². The normalized spacial score (nSPS) is 14.2. The summed E-state index contributed by atoms with van der Waals surface area (Å²) >= 11 is 1.92. The third-order valence-corrected chi connectivity index (χ3v) is 10.5. The van der Waals surface area contributed by atoms with Crippen molar-refractivity contribution >= 4 is 28.1 Å². The van der Waals surface area contributed by atoms with E-state index in [1.165, 1.54) is 61.0 Å². The van der Waals surface area contributed by atoms with Crippen LogP contribution >= 0.6 is 11.3 Å². The second-order valence-corrected chi connectivity index (χ2v) is 12.5. The largest absolute Gasteiger partial charge is 0.394 e. The van der Waals surface area contributed by atoms with Crippen LogP contribution in [-0.2, 0) is 5.41 Å². The molecule has 0 saturated heterocycles. The summed E-state index contributed by atoms with van der Waals surface area (Å²) in [4.78, 5) is 10.5. The van der Waals surface area contributed by atoms with Gasteiger partial charge in [-0.2, -0.15) is 0 Å². The first-order valence-corrected chi connectivity index (χ1v) is 17.6. The number of benzene rings is 4. The Morgan fingerprint density at radius 3 is 2.14 bits per heavy atom. The number of aliphatic imine (C=N–C) groups is 1. The zero-order valence-electron chi connectivity index (χ0n) is 28.5. The Morgan fingerprint density at radius 2 is 1.47 bits per heavy atom. The third-order valence-electron chi connectivity index (χ3n) is 9.17. The average molecular weight is 662 g/mol. The fraction of sp³-hybridized carbons (Fsp3) is 0.163. The fourth-order valence-electron chi connectivity index (χ4n) is 7.40. The van der Waals surface area contributed by atoms with E-state index in [-0.39, 0.29) is 12.2 Å². The molecule has 8 rings (SSSR count). The minimum absolute atomic E-state index is 0.131. The number of pyridine rings is 1. The van der Waals surface area contributed by atoms with Crippen molar-refractivity contribution in [2.24, 2.45) is 10.7 Å².